The van der Waals surface area contributed by atoms with E-state index in [9.17, 15) is 4.79 Å². The minimum Gasteiger partial charge on any atom is -0.492 e. The summed E-state index contributed by atoms with van der Waals surface area (Å²) in [5.74, 6) is 0.874. The Balaban J connectivity index is 2.56. The van der Waals surface area contributed by atoms with Gasteiger partial charge in [-0.2, -0.15) is 0 Å². The number of rotatable bonds is 1. The molecular formula is C10H10O2. The van der Waals surface area contributed by atoms with Crippen molar-refractivity contribution in [2.75, 3.05) is 6.61 Å². The molecule has 0 N–H and O–H groups in total. The molecule has 2 rings (SSSR count). The molecule has 1 aromatic carbocycles. The van der Waals surface area contributed by atoms with E-state index in [0.29, 0.717) is 12.2 Å². The van der Waals surface area contributed by atoms with Crippen LogP contribution in [0.3, 0.4) is 0 Å². The summed E-state index contributed by atoms with van der Waals surface area (Å²) in [4.78, 5) is 11.1. The van der Waals surface area contributed by atoms with Gasteiger partial charge >= 0.3 is 0 Å². The van der Waals surface area contributed by atoms with Crippen molar-refractivity contribution in [2.24, 2.45) is 0 Å². The minimum atomic E-state index is 0.0775. The van der Waals surface area contributed by atoms with Crippen LogP contribution in [0.5, 0.6) is 5.75 Å². The number of fused-ring (bicyclic) bond motifs is 1. The molecule has 0 aromatic heterocycles. The second kappa shape index (κ2) is 2.63. The van der Waals surface area contributed by atoms with Crippen LogP contribution in [0.25, 0.3) is 0 Å². The van der Waals surface area contributed by atoms with Crippen molar-refractivity contribution < 1.29 is 9.53 Å². The Kier molecular flexibility index (Phi) is 1.61. The molecule has 0 spiro atoms. The maximum atomic E-state index is 11.1. The smallest absolute Gasteiger partial charge is 0.163 e. The maximum Gasteiger partial charge on any atom is 0.163 e. The molecule has 1 aliphatic rings. The van der Waals surface area contributed by atoms with E-state index >= 15 is 0 Å². The minimum absolute atomic E-state index is 0.0775. The Bertz CT molecular complexity index is 329. The number of ketones is 1. The normalized spacial score (nSPS) is 13.8. The Morgan fingerprint density at radius 2 is 2.33 bits per heavy atom. The van der Waals surface area contributed by atoms with Gasteiger partial charge in [-0.3, -0.25) is 4.79 Å². The number of hydrogen-bond donors (Lipinski definition) is 0. The van der Waals surface area contributed by atoms with Crippen molar-refractivity contribution in [1.82, 2.24) is 0 Å². The highest BCUT2D eigenvalue weighted by Crippen LogP contribution is 2.29. The molecule has 62 valence electrons. The van der Waals surface area contributed by atoms with Crippen LogP contribution in [-0.2, 0) is 6.42 Å². The van der Waals surface area contributed by atoms with Gasteiger partial charge in [0.05, 0.1) is 12.2 Å². The number of ether oxygens (including phenoxy) is 1. The largest absolute Gasteiger partial charge is 0.492 e. The zero-order chi connectivity index (χ0) is 8.55. The second-order valence-corrected chi connectivity index (χ2v) is 2.95. The van der Waals surface area contributed by atoms with Gasteiger partial charge in [0.1, 0.15) is 5.75 Å². The van der Waals surface area contributed by atoms with Crippen LogP contribution in [0.4, 0.5) is 0 Å². The number of para-hydroxylation sites is 1. The summed E-state index contributed by atoms with van der Waals surface area (Å²) < 4.78 is 5.37. The Hall–Kier alpha value is -1.31. The van der Waals surface area contributed by atoms with Gasteiger partial charge in [-0.15, -0.1) is 0 Å². The van der Waals surface area contributed by atoms with E-state index in [1.165, 1.54) is 0 Å². The number of carbonyl (C=O) groups is 1. The number of hydrogen-bond acceptors (Lipinski definition) is 2. The first kappa shape index (κ1) is 7.35. The highest BCUT2D eigenvalue weighted by Gasteiger charge is 2.17. The molecule has 1 aromatic rings. The zero-order valence-corrected chi connectivity index (χ0v) is 6.96. The first-order valence-electron chi connectivity index (χ1n) is 4.04. The lowest BCUT2D eigenvalue weighted by molar-refractivity contribution is 0.101. The molecule has 0 unspecified atom stereocenters. The van der Waals surface area contributed by atoms with Crippen molar-refractivity contribution in [2.45, 2.75) is 13.3 Å². The summed E-state index contributed by atoms with van der Waals surface area (Å²) in [6.07, 6.45) is 0.927. The Morgan fingerprint density at radius 3 is 3.08 bits per heavy atom. The molecule has 2 nitrogen and oxygen atoms in total. The summed E-state index contributed by atoms with van der Waals surface area (Å²) in [5.41, 5.74) is 1.87. The van der Waals surface area contributed by atoms with Crippen molar-refractivity contribution in [3.63, 3.8) is 0 Å². The molecule has 0 saturated heterocycles. The first-order valence-corrected chi connectivity index (χ1v) is 4.04. The summed E-state index contributed by atoms with van der Waals surface area (Å²) in [6, 6.07) is 5.73. The van der Waals surface area contributed by atoms with Gasteiger partial charge < -0.3 is 4.74 Å². The van der Waals surface area contributed by atoms with Crippen LogP contribution >= 0.6 is 0 Å². The van der Waals surface area contributed by atoms with Gasteiger partial charge in [-0.25, -0.2) is 0 Å². The van der Waals surface area contributed by atoms with Gasteiger partial charge in [0.25, 0.3) is 0 Å². The molecule has 1 heterocycles. The molecule has 0 amide bonds. The topological polar surface area (TPSA) is 26.3 Å². The maximum absolute atomic E-state index is 11.1. The summed E-state index contributed by atoms with van der Waals surface area (Å²) >= 11 is 0. The lowest BCUT2D eigenvalue weighted by atomic mass is 10.1. The van der Waals surface area contributed by atoms with Gasteiger partial charge in [0.15, 0.2) is 5.78 Å². The number of benzene rings is 1. The highest BCUT2D eigenvalue weighted by molar-refractivity contribution is 5.97. The van der Waals surface area contributed by atoms with Crippen LogP contribution < -0.4 is 4.74 Å². The monoisotopic (exact) mass is 162 g/mol. The van der Waals surface area contributed by atoms with Crippen molar-refractivity contribution in [1.29, 1.82) is 0 Å². The molecule has 0 saturated carbocycles. The van der Waals surface area contributed by atoms with Crippen LogP contribution in [0, 0.1) is 0 Å². The van der Waals surface area contributed by atoms with E-state index in [1.807, 2.05) is 18.2 Å². The predicted octanol–water partition coefficient (Wildman–Crippen LogP) is 1.82. The fourth-order valence-electron chi connectivity index (χ4n) is 1.49. The highest BCUT2D eigenvalue weighted by atomic mass is 16.5. The molecule has 0 atom stereocenters. The summed E-state index contributed by atoms with van der Waals surface area (Å²) in [5, 5.41) is 0. The van der Waals surface area contributed by atoms with Crippen LogP contribution in [0.15, 0.2) is 18.2 Å². The van der Waals surface area contributed by atoms with Gasteiger partial charge in [-0.05, 0) is 18.6 Å². The number of Topliss-reactive ketones (excluding diaryl/α,β-unsaturated/α-hetero) is 1. The van der Waals surface area contributed by atoms with E-state index in [2.05, 4.69) is 0 Å². The Labute approximate surface area is 71.2 Å². The second-order valence-electron chi connectivity index (χ2n) is 2.95. The third kappa shape index (κ3) is 0.998. The standard InChI is InChI=1S/C10H10O2/c1-7(11)9-4-2-3-8-5-6-12-10(8)9/h2-4H,5-6H2,1H3. The fraction of sp³-hybridized carbons (Fsp3) is 0.300. The van der Waals surface area contributed by atoms with Crippen LogP contribution in [0.1, 0.15) is 22.8 Å². The third-order valence-electron chi connectivity index (χ3n) is 2.09. The molecule has 1 aliphatic heterocycles. The summed E-state index contributed by atoms with van der Waals surface area (Å²) in [6.45, 7) is 2.27. The zero-order valence-electron chi connectivity index (χ0n) is 6.96. The summed E-state index contributed by atoms with van der Waals surface area (Å²) in [7, 11) is 0. The van der Waals surface area contributed by atoms with Gasteiger partial charge in [-0.1, -0.05) is 12.1 Å². The van der Waals surface area contributed by atoms with Crippen molar-refractivity contribution in [3.05, 3.63) is 29.3 Å². The lowest BCUT2D eigenvalue weighted by Gasteiger charge is -2.03. The van der Waals surface area contributed by atoms with Crippen molar-refractivity contribution >= 4 is 5.78 Å². The van der Waals surface area contributed by atoms with Gasteiger partial charge in [0, 0.05) is 6.42 Å². The fourth-order valence-corrected chi connectivity index (χ4v) is 1.49. The van der Waals surface area contributed by atoms with Crippen LogP contribution in [-0.4, -0.2) is 12.4 Å². The molecule has 0 fully saturated rings. The van der Waals surface area contributed by atoms with E-state index in [0.717, 1.165) is 17.7 Å². The number of carbonyl (C=O) groups excluding carboxylic acids is 1. The quantitative estimate of drug-likeness (QED) is 0.589. The molecule has 0 aliphatic carbocycles. The van der Waals surface area contributed by atoms with E-state index in [-0.39, 0.29) is 5.78 Å². The molecule has 0 radical (unpaired) electrons. The average molecular weight is 162 g/mol. The van der Waals surface area contributed by atoms with E-state index < -0.39 is 0 Å². The SMILES string of the molecule is CC(=O)c1cccc2c1OCC2. The van der Waals surface area contributed by atoms with Crippen molar-refractivity contribution in [3.8, 4) is 5.75 Å². The van der Waals surface area contributed by atoms with Gasteiger partial charge in [0.2, 0.25) is 0 Å². The average Bonchev–Trinajstić information content (AvgIpc) is 2.49. The Morgan fingerprint density at radius 1 is 1.50 bits per heavy atom. The molecule has 2 heteroatoms. The molecular weight excluding hydrogens is 152 g/mol. The molecule has 12 heavy (non-hydrogen) atoms. The van der Waals surface area contributed by atoms with E-state index in [4.69, 9.17) is 4.74 Å². The third-order valence-corrected chi connectivity index (χ3v) is 2.09. The van der Waals surface area contributed by atoms with E-state index in [1.54, 1.807) is 6.92 Å². The predicted molar refractivity (Wildman–Crippen MR) is 45.6 cm³/mol. The lowest BCUT2D eigenvalue weighted by Crippen LogP contribution is -1.96. The van der Waals surface area contributed by atoms with Crippen LogP contribution in [0.2, 0.25) is 0 Å². The molecule has 0 bridgehead atoms. The first-order chi connectivity index (χ1) is 5.79.